The summed E-state index contributed by atoms with van der Waals surface area (Å²) in [5, 5.41) is 4.49. The van der Waals surface area contributed by atoms with Gasteiger partial charge in [-0.25, -0.2) is 0 Å². The molecule has 0 spiro atoms. The molecule has 18 heavy (non-hydrogen) atoms. The summed E-state index contributed by atoms with van der Waals surface area (Å²) in [4.78, 5) is 0. The fourth-order valence-corrected chi connectivity index (χ4v) is 2.93. The van der Waals surface area contributed by atoms with Crippen molar-refractivity contribution in [1.82, 2.24) is 5.32 Å². The number of ether oxygens (including phenoxy) is 1. The number of methoxy groups -OCH3 is 1. The van der Waals surface area contributed by atoms with Crippen LogP contribution >= 0.6 is 11.6 Å². The summed E-state index contributed by atoms with van der Waals surface area (Å²) < 4.78 is 5.47. The number of halogens is 1. The van der Waals surface area contributed by atoms with E-state index in [9.17, 15) is 0 Å². The van der Waals surface area contributed by atoms with Gasteiger partial charge in [-0.05, 0) is 50.3 Å². The van der Waals surface area contributed by atoms with Gasteiger partial charge in [-0.1, -0.05) is 23.7 Å². The third-order valence-electron chi connectivity index (χ3n) is 3.79. The van der Waals surface area contributed by atoms with Crippen LogP contribution in [-0.2, 0) is 4.74 Å². The fourth-order valence-electron chi connectivity index (χ4n) is 2.74. The van der Waals surface area contributed by atoms with Gasteiger partial charge in [0.05, 0.1) is 6.10 Å². The summed E-state index contributed by atoms with van der Waals surface area (Å²) in [6.45, 7) is 2.20. The molecule has 0 aromatic heterocycles. The second-order valence-corrected chi connectivity index (χ2v) is 5.60. The lowest BCUT2D eigenvalue weighted by Crippen LogP contribution is -2.38. The Kier molecular flexibility index (Phi) is 5.04. The van der Waals surface area contributed by atoms with Gasteiger partial charge in [0.15, 0.2) is 0 Å². The van der Waals surface area contributed by atoms with Crippen LogP contribution < -0.4 is 5.32 Å². The van der Waals surface area contributed by atoms with Gasteiger partial charge in [-0.3, -0.25) is 0 Å². The highest BCUT2D eigenvalue weighted by Gasteiger charge is 2.22. The first-order chi connectivity index (χ1) is 8.69. The van der Waals surface area contributed by atoms with Gasteiger partial charge >= 0.3 is 0 Å². The van der Waals surface area contributed by atoms with E-state index in [0.717, 1.165) is 11.4 Å². The van der Waals surface area contributed by atoms with Gasteiger partial charge in [0.1, 0.15) is 0 Å². The monoisotopic (exact) mass is 267 g/mol. The van der Waals surface area contributed by atoms with Crippen molar-refractivity contribution in [3.63, 3.8) is 0 Å². The molecule has 0 heterocycles. The average Bonchev–Trinajstić information content (AvgIpc) is 2.39. The molecule has 2 nitrogen and oxygen atoms in total. The second-order valence-electron chi connectivity index (χ2n) is 5.16. The molecule has 1 N–H and O–H groups in total. The van der Waals surface area contributed by atoms with Crippen molar-refractivity contribution in [3.8, 4) is 0 Å². The number of nitrogens with one attached hydrogen (secondary N) is 1. The molecule has 0 bridgehead atoms. The zero-order chi connectivity index (χ0) is 13.0. The maximum absolute atomic E-state index is 6.03. The van der Waals surface area contributed by atoms with Crippen molar-refractivity contribution in [2.45, 2.75) is 50.8 Å². The molecule has 3 heteroatoms. The van der Waals surface area contributed by atoms with Crippen molar-refractivity contribution in [1.29, 1.82) is 0 Å². The van der Waals surface area contributed by atoms with Gasteiger partial charge < -0.3 is 10.1 Å². The van der Waals surface area contributed by atoms with E-state index in [2.05, 4.69) is 18.3 Å². The number of benzene rings is 1. The highest BCUT2D eigenvalue weighted by atomic mass is 35.5. The van der Waals surface area contributed by atoms with Crippen molar-refractivity contribution < 1.29 is 4.74 Å². The molecule has 1 fully saturated rings. The predicted octanol–water partition coefficient (Wildman–Crippen LogP) is 3.95. The summed E-state index contributed by atoms with van der Waals surface area (Å²) in [7, 11) is 1.81. The maximum atomic E-state index is 6.03. The van der Waals surface area contributed by atoms with E-state index < -0.39 is 0 Å². The van der Waals surface area contributed by atoms with Gasteiger partial charge in [0.25, 0.3) is 0 Å². The Bertz CT molecular complexity index is 383. The van der Waals surface area contributed by atoms with Crippen LogP contribution in [0.5, 0.6) is 0 Å². The van der Waals surface area contributed by atoms with E-state index in [1.165, 1.54) is 24.8 Å². The predicted molar refractivity (Wildman–Crippen MR) is 76.1 cm³/mol. The molecule has 1 aliphatic rings. The van der Waals surface area contributed by atoms with E-state index in [1.807, 2.05) is 25.3 Å². The van der Waals surface area contributed by atoms with E-state index in [1.54, 1.807) is 0 Å². The van der Waals surface area contributed by atoms with E-state index in [4.69, 9.17) is 16.3 Å². The summed E-state index contributed by atoms with van der Waals surface area (Å²) in [6, 6.07) is 8.98. The molecule has 0 radical (unpaired) electrons. The van der Waals surface area contributed by atoms with E-state index in [-0.39, 0.29) is 0 Å². The minimum absolute atomic E-state index is 0.337. The summed E-state index contributed by atoms with van der Waals surface area (Å²) in [5.41, 5.74) is 1.25. The Morgan fingerprint density at radius 3 is 2.94 bits per heavy atom. The molecular formula is C15H22ClNO. The summed E-state index contributed by atoms with van der Waals surface area (Å²) >= 11 is 6.03. The molecule has 1 aliphatic carbocycles. The standard InChI is InChI=1S/C15H22ClNO/c1-11(12-5-3-6-13(16)9-12)17-14-7-4-8-15(10-14)18-2/h3,5-6,9,11,14-15,17H,4,7-8,10H2,1-2H3/t11-,14?,15?/m1/s1. The highest BCUT2D eigenvalue weighted by Crippen LogP contribution is 2.24. The molecule has 2 unspecified atom stereocenters. The summed E-state index contributed by atoms with van der Waals surface area (Å²) in [6.07, 6.45) is 5.22. The SMILES string of the molecule is COC1CCCC(N[C@H](C)c2cccc(Cl)c2)C1. The van der Waals surface area contributed by atoms with Gasteiger partial charge in [0.2, 0.25) is 0 Å². The van der Waals surface area contributed by atoms with Gasteiger partial charge in [-0.15, -0.1) is 0 Å². The van der Waals surface area contributed by atoms with Crippen molar-refractivity contribution in [2.24, 2.45) is 0 Å². The molecule has 1 saturated carbocycles. The van der Waals surface area contributed by atoms with Crippen molar-refractivity contribution in [3.05, 3.63) is 34.9 Å². The van der Waals surface area contributed by atoms with Crippen LogP contribution in [0.3, 0.4) is 0 Å². The lowest BCUT2D eigenvalue weighted by atomic mass is 9.92. The number of rotatable bonds is 4. The Morgan fingerprint density at radius 2 is 2.22 bits per heavy atom. The van der Waals surface area contributed by atoms with Crippen molar-refractivity contribution in [2.75, 3.05) is 7.11 Å². The van der Waals surface area contributed by atoms with Crippen LogP contribution in [0.4, 0.5) is 0 Å². The fraction of sp³-hybridized carbons (Fsp3) is 0.600. The minimum atomic E-state index is 0.337. The molecule has 100 valence electrons. The average molecular weight is 268 g/mol. The van der Waals surface area contributed by atoms with Crippen LogP contribution in [0, 0.1) is 0 Å². The molecule has 1 aromatic carbocycles. The first-order valence-corrected chi connectivity index (χ1v) is 7.11. The lowest BCUT2D eigenvalue weighted by molar-refractivity contribution is 0.0572. The quantitative estimate of drug-likeness (QED) is 0.892. The van der Waals surface area contributed by atoms with Crippen LogP contribution in [-0.4, -0.2) is 19.3 Å². The first-order valence-electron chi connectivity index (χ1n) is 6.73. The van der Waals surface area contributed by atoms with Gasteiger partial charge in [0, 0.05) is 24.2 Å². The molecule has 0 saturated heterocycles. The third-order valence-corrected chi connectivity index (χ3v) is 4.03. The van der Waals surface area contributed by atoms with E-state index in [0.29, 0.717) is 18.2 Å². The maximum Gasteiger partial charge on any atom is 0.0586 e. The Labute approximate surface area is 115 Å². The van der Waals surface area contributed by atoms with Crippen LogP contribution in [0.2, 0.25) is 5.02 Å². The summed E-state index contributed by atoms with van der Waals surface area (Å²) in [5.74, 6) is 0. The molecule has 0 aliphatic heterocycles. The molecule has 0 amide bonds. The van der Waals surface area contributed by atoms with Crippen LogP contribution in [0.15, 0.2) is 24.3 Å². The Hall–Kier alpha value is -0.570. The van der Waals surface area contributed by atoms with Crippen LogP contribution in [0.1, 0.15) is 44.2 Å². The Balaban J connectivity index is 1.92. The Morgan fingerprint density at radius 1 is 1.39 bits per heavy atom. The first kappa shape index (κ1) is 13.9. The molecular weight excluding hydrogens is 246 g/mol. The zero-order valence-corrected chi connectivity index (χ0v) is 11.9. The molecule has 3 atom stereocenters. The smallest absolute Gasteiger partial charge is 0.0586 e. The van der Waals surface area contributed by atoms with Crippen LogP contribution in [0.25, 0.3) is 0 Å². The minimum Gasteiger partial charge on any atom is -0.381 e. The largest absolute Gasteiger partial charge is 0.381 e. The number of hydrogen-bond donors (Lipinski definition) is 1. The molecule has 1 aromatic rings. The molecule has 2 rings (SSSR count). The second kappa shape index (κ2) is 6.55. The highest BCUT2D eigenvalue weighted by molar-refractivity contribution is 6.30. The van der Waals surface area contributed by atoms with E-state index >= 15 is 0 Å². The van der Waals surface area contributed by atoms with Crippen molar-refractivity contribution >= 4 is 11.6 Å². The third kappa shape index (κ3) is 3.71. The zero-order valence-electron chi connectivity index (χ0n) is 11.2. The lowest BCUT2D eigenvalue weighted by Gasteiger charge is -2.31. The van der Waals surface area contributed by atoms with Gasteiger partial charge in [-0.2, -0.15) is 0 Å². The topological polar surface area (TPSA) is 21.3 Å². The normalized spacial score (nSPS) is 25.9. The number of hydrogen-bond acceptors (Lipinski definition) is 2.